The largest absolute Gasteiger partial charge is 0.375 e. The Morgan fingerprint density at radius 3 is 2.65 bits per heavy atom. The summed E-state index contributed by atoms with van der Waals surface area (Å²) >= 11 is 0. The van der Waals surface area contributed by atoms with E-state index in [-0.39, 0.29) is 0 Å². The van der Waals surface area contributed by atoms with Crippen LogP contribution in [0.2, 0.25) is 0 Å². The lowest BCUT2D eigenvalue weighted by molar-refractivity contribution is -0.0773. The zero-order valence-corrected chi connectivity index (χ0v) is 11.0. The Morgan fingerprint density at radius 1 is 1.06 bits per heavy atom. The Kier molecular flexibility index (Phi) is 3.69. The Bertz CT molecular complexity index is 251. The summed E-state index contributed by atoms with van der Waals surface area (Å²) in [6, 6.07) is 2.36. The van der Waals surface area contributed by atoms with Gasteiger partial charge in [-0.2, -0.15) is 0 Å². The molecule has 3 rings (SSSR count). The van der Waals surface area contributed by atoms with Crippen molar-refractivity contribution < 1.29 is 4.74 Å². The van der Waals surface area contributed by atoms with Gasteiger partial charge in [0.2, 0.25) is 0 Å². The predicted octanol–water partition coefficient (Wildman–Crippen LogP) is 1.77. The summed E-state index contributed by atoms with van der Waals surface area (Å²) in [6.07, 6.45) is 10.1. The van der Waals surface area contributed by atoms with Crippen LogP contribution in [0, 0.1) is 0 Å². The Morgan fingerprint density at radius 2 is 1.88 bits per heavy atom. The number of nitrogens with zero attached hydrogens (tertiary/aromatic N) is 1. The van der Waals surface area contributed by atoms with Crippen molar-refractivity contribution in [3.05, 3.63) is 0 Å². The molecule has 0 amide bonds. The number of fused-ring (bicyclic) bond motifs is 1. The van der Waals surface area contributed by atoms with Crippen molar-refractivity contribution in [3.8, 4) is 0 Å². The topological polar surface area (TPSA) is 24.5 Å². The molecule has 1 N–H and O–H groups in total. The molecule has 17 heavy (non-hydrogen) atoms. The second kappa shape index (κ2) is 5.25. The van der Waals surface area contributed by atoms with Gasteiger partial charge in [-0.25, -0.2) is 0 Å². The van der Waals surface area contributed by atoms with Gasteiger partial charge in [0, 0.05) is 24.7 Å². The van der Waals surface area contributed by atoms with Crippen molar-refractivity contribution in [3.63, 3.8) is 0 Å². The first-order valence-electron chi connectivity index (χ1n) is 7.43. The van der Waals surface area contributed by atoms with Gasteiger partial charge in [-0.15, -0.1) is 0 Å². The highest BCUT2D eigenvalue weighted by atomic mass is 16.5. The molecular weight excluding hydrogens is 212 g/mol. The normalized spacial score (nSPS) is 43.6. The van der Waals surface area contributed by atoms with Crippen LogP contribution in [0.1, 0.15) is 44.9 Å². The Labute approximate surface area is 105 Å². The van der Waals surface area contributed by atoms with Gasteiger partial charge in [-0.1, -0.05) is 0 Å². The molecule has 0 aromatic carbocycles. The molecule has 0 aromatic heterocycles. The van der Waals surface area contributed by atoms with Crippen LogP contribution in [-0.2, 0) is 4.74 Å². The van der Waals surface area contributed by atoms with Crippen LogP contribution < -0.4 is 5.32 Å². The zero-order valence-electron chi connectivity index (χ0n) is 11.0. The van der Waals surface area contributed by atoms with E-state index < -0.39 is 0 Å². The molecule has 0 bridgehead atoms. The number of morpholine rings is 1. The van der Waals surface area contributed by atoms with E-state index in [1.165, 1.54) is 51.5 Å². The van der Waals surface area contributed by atoms with E-state index in [2.05, 4.69) is 17.3 Å². The fraction of sp³-hybridized carbons (Fsp3) is 1.00. The van der Waals surface area contributed by atoms with Crippen LogP contribution in [0.15, 0.2) is 0 Å². The standard InChI is InChI=1S/C14H26N2O/c1-15-11-5-7-12(8-6-11)16-9-10-17-14-4-2-3-13(14)16/h11-15H,2-10H2,1H3. The molecule has 1 heterocycles. The number of ether oxygens (including phenoxy) is 1. The molecule has 2 unspecified atom stereocenters. The summed E-state index contributed by atoms with van der Waals surface area (Å²) in [5.74, 6) is 0. The molecule has 3 aliphatic rings. The second-order valence-corrected chi connectivity index (χ2v) is 5.94. The molecule has 2 aliphatic carbocycles. The second-order valence-electron chi connectivity index (χ2n) is 5.94. The lowest BCUT2D eigenvalue weighted by Gasteiger charge is -2.45. The molecule has 1 saturated heterocycles. The highest BCUT2D eigenvalue weighted by Crippen LogP contribution is 2.34. The van der Waals surface area contributed by atoms with Gasteiger partial charge in [-0.3, -0.25) is 4.90 Å². The van der Waals surface area contributed by atoms with E-state index in [0.717, 1.165) is 24.7 Å². The summed E-state index contributed by atoms with van der Waals surface area (Å²) in [5.41, 5.74) is 0. The molecule has 0 radical (unpaired) electrons. The first kappa shape index (κ1) is 11.9. The highest BCUT2D eigenvalue weighted by Gasteiger charge is 2.39. The molecule has 3 nitrogen and oxygen atoms in total. The summed E-state index contributed by atoms with van der Waals surface area (Å²) in [6.45, 7) is 2.14. The Hall–Kier alpha value is -0.120. The van der Waals surface area contributed by atoms with Crippen LogP contribution in [0.25, 0.3) is 0 Å². The summed E-state index contributed by atoms with van der Waals surface area (Å²) in [7, 11) is 2.10. The minimum Gasteiger partial charge on any atom is -0.375 e. The van der Waals surface area contributed by atoms with Gasteiger partial charge in [0.15, 0.2) is 0 Å². The summed E-state index contributed by atoms with van der Waals surface area (Å²) in [4.78, 5) is 2.80. The van der Waals surface area contributed by atoms with Gasteiger partial charge in [0.1, 0.15) is 0 Å². The van der Waals surface area contributed by atoms with Gasteiger partial charge < -0.3 is 10.1 Å². The third kappa shape index (κ3) is 2.38. The van der Waals surface area contributed by atoms with Crippen molar-refractivity contribution >= 4 is 0 Å². The van der Waals surface area contributed by atoms with Crippen molar-refractivity contribution in [2.45, 2.75) is 69.2 Å². The van der Waals surface area contributed by atoms with Crippen LogP contribution in [-0.4, -0.2) is 49.3 Å². The highest BCUT2D eigenvalue weighted by molar-refractivity contribution is 4.94. The van der Waals surface area contributed by atoms with Crippen LogP contribution >= 0.6 is 0 Å². The average molecular weight is 238 g/mol. The maximum atomic E-state index is 5.91. The van der Waals surface area contributed by atoms with E-state index in [4.69, 9.17) is 4.74 Å². The predicted molar refractivity (Wildman–Crippen MR) is 69.2 cm³/mol. The molecule has 3 fully saturated rings. The lowest BCUT2D eigenvalue weighted by Crippen LogP contribution is -2.54. The number of hydrogen-bond donors (Lipinski definition) is 1. The Balaban J connectivity index is 1.60. The number of nitrogens with one attached hydrogen (secondary N) is 1. The fourth-order valence-corrected chi connectivity index (χ4v) is 4.11. The number of rotatable bonds is 2. The molecule has 1 aliphatic heterocycles. The fourth-order valence-electron chi connectivity index (χ4n) is 4.11. The molecule has 3 heteroatoms. The molecule has 2 saturated carbocycles. The average Bonchev–Trinajstić information content (AvgIpc) is 2.87. The maximum Gasteiger partial charge on any atom is 0.0731 e. The zero-order chi connectivity index (χ0) is 11.7. The van der Waals surface area contributed by atoms with Crippen molar-refractivity contribution in [2.75, 3.05) is 20.2 Å². The third-order valence-electron chi connectivity index (χ3n) is 5.10. The van der Waals surface area contributed by atoms with Gasteiger partial charge in [0.05, 0.1) is 12.7 Å². The maximum absolute atomic E-state index is 5.91. The molecule has 0 aromatic rings. The lowest BCUT2D eigenvalue weighted by atomic mass is 9.89. The van der Waals surface area contributed by atoms with Crippen LogP contribution in [0.4, 0.5) is 0 Å². The van der Waals surface area contributed by atoms with E-state index in [9.17, 15) is 0 Å². The van der Waals surface area contributed by atoms with Gasteiger partial charge in [-0.05, 0) is 52.0 Å². The van der Waals surface area contributed by atoms with Crippen LogP contribution in [0.5, 0.6) is 0 Å². The van der Waals surface area contributed by atoms with E-state index in [1.807, 2.05) is 0 Å². The number of hydrogen-bond acceptors (Lipinski definition) is 3. The summed E-state index contributed by atoms with van der Waals surface area (Å²) in [5, 5.41) is 3.43. The minimum atomic E-state index is 0.561. The smallest absolute Gasteiger partial charge is 0.0731 e. The van der Waals surface area contributed by atoms with E-state index in [0.29, 0.717) is 6.10 Å². The minimum absolute atomic E-state index is 0.561. The molecular formula is C14H26N2O. The first-order valence-corrected chi connectivity index (χ1v) is 7.43. The third-order valence-corrected chi connectivity index (χ3v) is 5.10. The van der Waals surface area contributed by atoms with Crippen molar-refractivity contribution in [1.82, 2.24) is 10.2 Å². The first-order chi connectivity index (χ1) is 8.38. The summed E-state index contributed by atoms with van der Waals surface area (Å²) < 4.78 is 5.91. The monoisotopic (exact) mass is 238 g/mol. The van der Waals surface area contributed by atoms with E-state index >= 15 is 0 Å². The van der Waals surface area contributed by atoms with Gasteiger partial charge in [0.25, 0.3) is 0 Å². The SMILES string of the molecule is CNC1CCC(N2CCOC3CCCC32)CC1. The molecule has 0 spiro atoms. The quantitative estimate of drug-likeness (QED) is 0.793. The van der Waals surface area contributed by atoms with Gasteiger partial charge >= 0.3 is 0 Å². The van der Waals surface area contributed by atoms with E-state index in [1.54, 1.807) is 0 Å². The van der Waals surface area contributed by atoms with Crippen molar-refractivity contribution in [1.29, 1.82) is 0 Å². The van der Waals surface area contributed by atoms with Crippen molar-refractivity contribution in [2.24, 2.45) is 0 Å². The molecule has 2 atom stereocenters. The molecule has 98 valence electrons. The van der Waals surface area contributed by atoms with Crippen LogP contribution in [0.3, 0.4) is 0 Å².